The lowest BCUT2D eigenvalue weighted by Gasteiger charge is -2.05. The highest BCUT2D eigenvalue weighted by Crippen LogP contribution is 2.29. The largest absolute Gasteiger partial charge is 0.417 e. The molecular formula is C11H10F3N3. The van der Waals surface area contributed by atoms with Crippen molar-refractivity contribution in [2.24, 2.45) is 7.05 Å². The number of hydrogen-bond acceptors (Lipinski definition) is 2. The van der Waals surface area contributed by atoms with Crippen molar-refractivity contribution in [3.8, 4) is 11.4 Å². The second-order valence-electron chi connectivity index (χ2n) is 3.72. The molecule has 2 heterocycles. The molecule has 0 fully saturated rings. The molecule has 3 nitrogen and oxygen atoms in total. The summed E-state index contributed by atoms with van der Waals surface area (Å²) in [6, 6.07) is 4.10. The molecule has 0 aromatic carbocycles. The third-order valence-corrected chi connectivity index (χ3v) is 2.47. The van der Waals surface area contributed by atoms with Crippen LogP contribution in [0.4, 0.5) is 13.2 Å². The van der Waals surface area contributed by atoms with E-state index in [1.165, 1.54) is 6.07 Å². The van der Waals surface area contributed by atoms with Gasteiger partial charge in [0, 0.05) is 18.9 Å². The van der Waals surface area contributed by atoms with Gasteiger partial charge in [0.15, 0.2) is 0 Å². The van der Waals surface area contributed by atoms with Crippen molar-refractivity contribution in [1.29, 1.82) is 0 Å². The van der Waals surface area contributed by atoms with E-state index in [2.05, 4.69) is 10.1 Å². The average Bonchev–Trinajstić information content (AvgIpc) is 2.58. The average molecular weight is 241 g/mol. The maximum absolute atomic E-state index is 12.3. The van der Waals surface area contributed by atoms with Gasteiger partial charge in [-0.1, -0.05) is 0 Å². The molecule has 0 aliphatic heterocycles. The Labute approximate surface area is 95.9 Å². The van der Waals surface area contributed by atoms with E-state index in [1.54, 1.807) is 17.8 Å². The fourth-order valence-electron chi connectivity index (χ4n) is 1.40. The van der Waals surface area contributed by atoms with Crippen molar-refractivity contribution in [2.75, 3.05) is 0 Å². The number of rotatable bonds is 1. The molecule has 0 N–H and O–H groups in total. The molecule has 0 saturated heterocycles. The number of halogens is 3. The minimum absolute atomic E-state index is 0.432. The van der Waals surface area contributed by atoms with E-state index < -0.39 is 11.7 Å². The lowest BCUT2D eigenvalue weighted by Crippen LogP contribution is -2.05. The third kappa shape index (κ3) is 2.30. The standard InChI is InChI=1S/C11H10F3N3/c1-7-5-10(16-17(7)2)9-4-3-8(6-15-9)11(12,13)14/h3-6H,1-2H3. The van der Waals surface area contributed by atoms with Crippen LogP contribution in [0.5, 0.6) is 0 Å². The molecule has 0 radical (unpaired) electrons. The summed E-state index contributed by atoms with van der Waals surface area (Å²) >= 11 is 0. The van der Waals surface area contributed by atoms with Gasteiger partial charge in [-0.2, -0.15) is 18.3 Å². The van der Waals surface area contributed by atoms with Crippen LogP contribution in [0, 0.1) is 6.92 Å². The van der Waals surface area contributed by atoms with Gasteiger partial charge in [0.1, 0.15) is 5.69 Å². The zero-order valence-electron chi connectivity index (χ0n) is 9.28. The molecule has 0 bridgehead atoms. The molecule has 90 valence electrons. The molecule has 0 amide bonds. The van der Waals surface area contributed by atoms with E-state index in [-0.39, 0.29) is 0 Å². The molecule has 2 rings (SSSR count). The van der Waals surface area contributed by atoms with Crippen LogP contribution in [0.15, 0.2) is 24.4 Å². The molecule has 0 spiro atoms. The normalized spacial score (nSPS) is 11.8. The minimum Gasteiger partial charge on any atom is -0.272 e. The maximum atomic E-state index is 12.3. The predicted molar refractivity (Wildman–Crippen MR) is 56.2 cm³/mol. The molecule has 2 aromatic heterocycles. The van der Waals surface area contributed by atoms with Crippen molar-refractivity contribution < 1.29 is 13.2 Å². The number of pyridine rings is 1. The van der Waals surface area contributed by atoms with Crippen LogP contribution in [-0.2, 0) is 13.2 Å². The monoisotopic (exact) mass is 241 g/mol. The Hall–Kier alpha value is -1.85. The first-order chi connectivity index (χ1) is 7.88. The molecule has 6 heteroatoms. The highest BCUT2D eigenvalue weighted by Gasteiger charge is 2.30. The van der Waals surface area contributed by atoms with Crippen LogP contribution in [0.1, 0.15) is 11.3 Å². The lowest BCUT2D eigenvalue weighted by molar-refractivity contribution is -0.137. The first-order valence-electron chi connectivity index (χ1n) is 4.92. The molecule has 0 unspecified atom stereocenters. The molecule has 0 saturated carbocycles. The zero-order chi connectivity index (χ0) is 12.6. The summed E-state index contributed by atoms with van der Waals surface area (Å²) in [7, 11) is 1.77. The quantitative estimate of drug-likeness (QED) is 0.768. The highest BCUT2D eigenvalue weighted by molar-refractivity contribution is 5.54. The Kier molecular flexibility index (Phi) is 2.65. The zero-order valence-corrected chi connectivity index (χ0v) is 9.28. The first-order valence-corrected chi connectivity index (χ1v) is 4.92. The van der Waals surface area contributed by atoms with Crippen molar-refractivity contribution in [1.82, 2.24) is 14.8 Å². The Balaban J connectivity index is 2.36. The third-order valence-electron chi connectivity index (χ3n) is 2.47. The number of hydrogen-bond donors (Lipinski definition) is 0. The maximum Gasteiger partial charge on any atom is 0.417 e. The number of alkyl halides is 3. The fourth-order valence-corrected chi connectivity index (χ4v) is 1.40. The number of aromatic nitrogens is 3. The van der Waals surface area contributed by atoms with Gasteiger partial charge in [-0.3, -0.25) is 9.67 Å². The van der Waals surface area contributed by atoms with Gasteiger partial charge in [0.05, 0.1) is 11.3 Å². The first kappa shape index (κ1) is 11.6. The summed E-state index contributed by atoms with van der Waals surface area (Å²) in [6.45, 7) is 1.86. The Morgan fingerprint density at radius 2 is 1.88 bits per heavy atom. The second-order valence-corrected chi connectivity index (χ2v) is 3.72. The van der Waals surface area contributed by atoms with Crippen molar-refractivity contribution in [3.05, 3.63) is 35.7 Å². The Morgan fingerprint density at radius 1 is 1.18 bits per heavy atom. The van der Waals surface area contributed by atoms with E-state index in [0.717, 1.165) is 18.0 Å². The van der Waals surface area contributed by atoms with E-state index in [9.17, 15) is 13.2 Å². The molecule has 17 heavy (non-hydrogen) atoms. The smallest absolute Gasteiger partial charge is 0.272 e. The topological polar surface area (TPSA) is 30.7 Å². The minimum atomic E-state index is -4.36. The van der Waals surface area contributed by atoms with Crippen LogP contribution in [0.25, 0.3) is 11.4 Å². The molecular weight excluding hydrogens is 231 g/mol. The van der Waals surface area contributed by atoms with E-state index >= 15 is 0 Å². The van der Waals surface area contributed by atoms with Gasteiger partial charge in [0.2, 0.25) is 0 Å². The van der Waals surface area contributed by atoms with Crippen molar-refractivity contribution in [2.45, 2.75) is 13.1 Å². The van der Waals surface area contributed by atoms with Gasteiger partial charge in [-0.15, -0.1) is 0 Å². The molecule has 0 aliphatic rings. The van der Waals surface area contributed by atoms with Gasteiger partial charge < -0.3 is 0 Å². The van der Waals surface area contributed by atoms with Crippen LogP contribution >= 0.6 is 0 Å². The fraction of sp³-hybridized carbons (Fsp3) is 0.273. The van der Waals surface area contributed by atoms with Crippen LogP contribution in [0.2, 0.25) is 0 Å². The van der Waals surface area contributed by atoms with Crippen LogP contribution in [-0.4, -0.2) is 14.8 Å². The summed E-state index contributed by atoms with van der Waals surface area (Å²) in [6.07, 6.45) is -3.54. The van der Waals surface area contributed by atoms with E-state index in [0.29, 0.717) is 11.4 Å². The Morgan fingerprint density at radius 3 is 2.29 bits per heavy atom. The lowest BCUT2D eigenvalue weighted by atomic mass is 10.2. The van der Waals surface area contributed by atoms with Crippen molar-refractivity contribution in [3.63, 3.8) is 0 Å². The summed E-state index contributed by atoms with van der Waals surface area (Å²) < 4.78 is 38.6. The summed E-state index contributed by atoms with van der Waals surface area (Å²) in [5.41, 5.74) is 1.16. The van der Waals surface area contributed by atoms with E-state index in [1.807, 2.05) is 6.92 Å². The summed E-state index contributed by atoms with van der Waals surface area (Å²) in [4.78, 5) is 3.77. The van der Waals surface area contributed by atoms with Gasteiger partial charge in [-0.25, -0.2) is 0 Å². The van der Waals surface area contributed by atoms with Crippen molar-refractivity contribution >= 4 is 0 Å². The summed E-state index contributed by atoms with van der Waals surface area (Å²) in [5.74, 6) is 0. The molecule has 2 aromatic rings. The second kappa shape index (κ2) is 3.87. The highest BCUT2D eigenvalue weighted by atomic mass is 19.4. The van der Waals surface area contributed by atoms with Crippen LogP contribution < -0.4 is 0 Å². The number of nitrogens with zero attached hydrogens (tertiary/aromatic N) is 3. The van der Waals surface area contributed by atoms with Crippen LogP contribution in [0.3, 0.4) is 0 Å². The van der Waals surface area contributed by atoms with E-state index in [4.69, 9.17) is 0 Å². The number of aryl methyl sites for hydroxylation is 2. The summed E-state index contributed by atoms with van der Waals surface area (Å²) in [5, 5.41) is 4.15. The van der Waals surface area contributed by atoms with Gasteiger partial charge in [-0.05, 0) is 25.1 Å². The van der Waals surface area contributed by atoms with Gasteiger partial charge in [0.25, 0.3) is 0 Å². The predicted octanol–water partition coefficient (Wildman–Crippen LogP) is 2.81. The molecule has 0 aliphatic carbocycles. The van der Waals surface area contributed by atoms with Gasteiger partial charge >= 0.3 is 6.18 Å². The molecule has 0 atom stereocenters. The Bertz CT molecular complexity index is 506. The SMILES string of the molecule is Cc1cc(-c2ccc(C(F)(F)F)cn2)nn1C.